The molecule has 1 aromatic heterocycles. The van der Waals surface area contributed by atoms with Crippen molar-refractivity contribution in [3.63, 3.8) is 0 Å². The Kier molecular flexibility index (Phi) is 5.79. The van der Waals surface area contributed by atoms with Crippen molar-refractivity contribution in [2.45, 2.75) is 0 Å². The van der Waals surface area contributed by atoms with Crippen molar-refractivity contribution in [3.8, 4) is 45.3 Å². The lowest BCUT2D eigenvalue weighted by Gasteiger charge is -2.18. The van der Waals surface area contributed by atoms with Gasteiger partial charge in [-0.1, -0.05) is 152 Å². The van der Waals surface area contributed by atoms with Gasteiger partial charge in [-0.15, -0.1) is 0 Å². The average Bonchev–Trinajstić information content (AvgIpc) is 3.07. The third-order valence-corrected chi connectivity index (χ3v) is 7.91. The molecule has 7 aromatic carbocycles. The predicted molar refractivity (Wildman–Crippen MR) is 174 cm³/mol. The Morgan fingerprint density at radius 3 is 1.24 bits per heavy atom. The van der Waals surface area contributed by atoms with Crippen LogP contribution in [0.15, 0.2) is 152 Å². The Balaban J connectivity index is 1.49. The van der Waals surface area contributed by atoms with Gasteiger partial charge in [0.2, 0.25) is 0 Å². The summed E-state index contributed by atoms with van der Waals surface area (Å²) < 4.78 is 0. The van der Waals surface area contributed by atoms with Gasteiger partial charge >= 0.3 is 0 Å². The van der Waals surface area contributed by atoms with Crippen molar-refractivity contribution in [1.82, 2.24) is 15.0 Å². The Bertz CT molecular complexity index is 2120. The third kappa shape index (κ3) is 4.03. The van der Waals surface area contributed by atoms with E-state index in [1.165, 1.54) is 32.7 Å². The summed E-state index contributed by atoms with van der Waals surface area (Å²) in [5.41, 5.74) is 5.38. The van der Waals surface area contributed by atoms with Gasteiger partial charge < -0.3 is 0 Å². The molecule has 0 unspecified atom stereocenters. The van der Waals surface area contributed by atoms with Crippen LogP contribution in [0.3, 0.4) is 0 Å². The Morgan fingerprint density at radius 1 is 0.286 bits per heavy atom. The number of aromatic nitrogens is 3. The van der Waals surface area contributed by atoms with E-state index in [0.717, 1.165) is 27.5 Å². The van der Waals surface area contributed by atoms with Gasteiger partial charge in [0.1, 0.15) is 0 Å². The predicted octanol–water partition coefficient (Wildman–Crippen LogP) is 10.00. The SMILES string of the molecule is c1ccc(-c2nc(-c3ccccc3)nc(-c3c4ccccc4c(-c4cccc5ccccc45)c4ccccc34)n2)cc1. The number of rotatable bonds is 4. The fourth-order valence-electron chi connectivity index (χ4n) is 6.02. The van der Waals surface area contributed by atoms with Crippen LogP contribution in [0.25, 0.3) is 77.6 Å². The van der Waals surface area contributed by atoms with E-state index in [4.69, 9.17) is 15.0 Å². The van der Waals surface area contributed by atoms with Crippen molar-refractivity contribution < 1.29 is 0 Å². The molecule has 3 nitrogen and oxygen atoms in total. The highest BCUT2D eigenvalue weighted by atomic mass is 15.0. The summed E-state index contributed by atoms with van der Waals surface area (Å²) in [5, 5.41) is 7.04. The van der Waals surface area contributed by atoms with E-state index in [0.29, 0.717) is 17.5 Å². The van der Waals surface area contributed by atoms with Crippen LogP contribution in [-0.4, -0.2) is 15.0 Å². The van der Waals surface area contributed by atoms with Crippen LogP contribution in [0.1, 0.15) is 0 Å². The first-order valence-corrected chi connectivity index (χ1v) is 14.1. The Labute approximate surface area is 243 Å². The van der Waals surface area contributed by atoms with E-state index in [2.05, 4.69) is 91.0 Å². The van der Waals surface area contributed by atoms with Crippen LogP contribution in [0.2, 0.25) is 0 Å². The fraction of sp³-hybridized carbons (Fsp3) is 0. The molecule has 0 aliphatic rings. The minimum Gasteiger partial charge on any atom is -0.208 e. The molecule has 0 atom stereocenters. The van der Waals surface area contributed by atoms with Crippen molar-refractivity contribution in [1.29, 1.82) is 0 Å². The topological polar surface area (TPSA) is 38.7 Å². The van der Waals surface area contributed by atoms with Gasteiger partial charge in [-0.05, 0) is 43.4 Å². The van der Waals surface area contributed by atoms with E-state index < -0.39 is 0 Å². The van der Waals surface area contributed by atoms with Crippen molar-refractivity contribution in [3.05, 3.63) is 152 Å². The van der Waals surface area contributed by atoms with Crippen molar-refractivity contribution in [2.75, 3.05) is 0 Å². The molecule has 0 saturated heterocycles. The first-order chi connectivity index (χ1) is 20.8. The summed E-state index contributed by atoms with van der Waals surface area (Å²) in [6.07, 6.45) is 0. The summed E-state index contributed by atoms with van der Waals surface area (Å²) in [4.78, 5) is 15.2. The largest absolute Gasteiger partial charge is 0.208 e. The fourth-order valence-corrected chi connectivity index (χ4v) is 6.02. The molecule has 0 aliphatic heterocycles. The van der Waals surface area contributed by atoms with Crippen molar-refractivity contribution >= 4 is 32.3 Å². The monoisotopic (exact) mass is 535 g/mol. The molecule has 0 fully saturated rings. The second-order valence-electron chi connectivity index (χ2n) is 10.4. The molecular formula is C39H25N3. The van der Waals surface area contributed by atoms with Gasteiger partial charge in [-0.3, -0.25) is 0 Å². The van der Waals surface area contributed by atoms with Crippen molar-refractivity contribution in [2.24, 2.45) is 0 Å². The third-order valence-electron chi connectivity index (χ3n) is 7.91. The highest BCUT2D eigenvalue weighted by molar-refractivity contribution is 6.23. The van der Waals surface area contributed by atoms with Gasteiger partial charge in [-0.25, -0.2) is 15.0 Å². The normalized spacial score (nSPS) is 11.3. The van der Waals surface area contributed by atoms with Crippen LogP contribution in [0.5, 0.6) is 0 Å². The molecule has 8 rings (SSSR count). The maximum Gasteiger partial charge on any atom is 0.165 e. The highest BCUT2D eigenvalue weighted by Crippen LogP contribution is 2.44. The van der Waals surface area contributed by atoms with E-state index in [9.17, 15) is 0 Å². The lowest BCUT2D eigenvalue weighted by atomic mass is 9.86. The van der Waals surface area contributed by atoms with E-state index in [-0.39, 0.29) is 0 Å². The lowest BCUT2D eigenvalue weighted by Crippen LogP contribution is -2.01. The average molecular weight is 536 g/mol. The van der Waals surface area contributed by atoms with Gasteiger partial charge in [0.05, 0.1) is 0 Å². The van der Waals surface area contributed by atoms with E-state index >= 15 is 0 Å². The van der Waals surface area contributed by atoms with Crippen LogP contribution < -0.4 is 0 Å². The Hall–Kier alpha value is -5.67. The summed E-state index contributed by atoms with van der Waals surface area (Å²) in [6.45, 7) is 0. The number of hydrogen-bond acceptors (Lipinski definition) is 3. The molecule has 8 aromatic rings. The van der Waals surface area contributed by atoms with Crippen LogP contribution in [-0.2, 0) is 0 Å². The van der Waals surface area contributed by atoms with Gasteiger partial charge in [0.25, 0.3) is 0 Å². The minimum atomic E-state index is 0.658. The molecule has 0 saturated carbocycles. The number of nitrogens with zero attached hydrogens (tertiary/aromatic N) is 3. The molecule has 42 heavy (non-hydrogen) atoms. The van der Waals surface area contributed by atoms with E-state index in [1.807, 2.05) is 60.7 Å². The molecule has 1 heterocycles. The zero-order valence-corrected chi connectivity index (χ0v) is 22.8. The quantitative estimate of drug-likeness (QED) is 0.211. The summed E-state index contributed by atoms with van der Waals surface area (Å²) in [5.74, 6) is 1.98. The molecule has 0 aliphatic carbocycles. The number of hydrogen-bond donors (Lipinski definition) is 0. The summed E-state index contributed by atoms with van der Waals surface area (Å²) >= 11 is 0. The zero-order valence-electron chi connectivity index (χ0n) is 22.8. The molecule has 0 bridgehead atoms. The molecule has 196 valence electrons. The smallest absolute Gasteiger partial charge is 0.165 e. The van der Waals surface area contributed by atoms with Crippen LogP contribution >= 0.6 is 0 Å². The first-order valence-electron chi connectivity index (χ1n) is 14.1. The molecule has 0 amide bonds. The summed E-state index contributed by atoms with van der Waals surface area (Å²) in [6, 6.07) is 52.7. The van der Waals surface area contributed by atoms with Crippen LogP contribution in [0.4, 0.5) is 0 Å². The first kappa shape index (κ1) is 24.2. The van der Waals surface area contributed by atoms with Crippen LogP contribution in [0, 0.1) is 0 Å². The molecular weight excluding hydrogens is 510 g/mol. The lowest BCUT2D eigenvalue weighted by molar-refractivity contribution is 1.08. The van der Waals surface area contributed by atoms with Gasteiger partial charge in [0.15, 0.2) is 17.5 Å². The second kappa shape index (κ2) is 10.1. The molecule has 0 radical (unpaired) electrons. The Morgan fingerprint density at radius 2 is 0.690 bits per heavy atom. The molecule has 0 spiro atoms. The maximum atomic E-state index is 5.13. The molecule has 3 heteroatoms. The second-order valence-corrected chi connectivity index (χ2v) is 10.4. The number of fused-ring (bicyclic) bond motifs is 3. The molecule has 0 N–H and O–H groups in total. The standard InChI is InChI=1S/C39H25N3/c1-3-15-27(16-4-1)37-40-38(28-17-5-2-6-18-28)42-39(41-37)36-33-23-11-9-21-31(33)35(32-22-10-12-24-34(32)36)30-25-13-19-26-14-7-8-20-29(26)30/h1-25H. The highest BCUT2D eigenvalue weighted by Gasteiger charge is 2.21. The van der Waals surface area contributed by atoms with Gasteiger partial charge in [-0.2, -0.15) is 0 Å². The zero-order chi connectivity index (χ0) is 27.9. The maximum absolute atomic E-state index is 5.13. The van der Waals surface area contributed by atoms with Gasteiger partial charge in [0, 0.05) is 16.7 Å². The minimum absolute atomic E-state index is 0.658. The number of benzene rings is 7. The summed E-state index contributed by atoms with van der Waals surface area (Å²) in [7, 11) is 0. The van der Waals surface area contributed by atoms with E-state index in [1.54, 1.807) is 0 Å².